The zero-order valence-corrected chi connectivity index (χ0v) is 33.8. The Morgan fingerprint density at radius 1 is 0.898 bits per heavy atom. The number of nitrogens with zero attached hydrogens (tertiary/aromatic N) is 3. The molecule has 12 heteroatoms. The van der Waals surface area contributed by atoms with Crippen LogP contribution < -0.4 is 19.5 Å². The number of carboxylic acid groups (broad SMARTS) is 1. The van der Waals surface area contributed by atoms with Crippen LogP contribution in [0.5, 0.6) is 17.2 Å². The molecule has 5 aromatic carbocycles. The van der Waals surface area contributed by atoms with Crippen molar-refractivity contribution in [3.8, 4) is 28.5 Å². The molecule has 0 fully saturated rings. The number of hydrogen-bond donors (Lipinski definition) is 2. The van der Waals surface area contributed by atoms with E-state index in [0.29, 0.717) is 53.5 Å². The van der Waals surface area contributed by atoms with Crippen LogP contribution in [0, 0.1) is 0 Å². The number of aliphatic carboxylic acids is 1. The summed E-state index contributed by atoms with van der Waals surface area (Å²) < 4.78 is 18.8. The number of carbonyl (C=O) groups excluding carboxylic acids is 1. The van der Waals surface area contributed by atoms with Gasteiger partial charge in [0.15, 0.2) is 17.6 Å². The molecule has 2 aliphatic rings. The number of fused-ring (bicyclic) bond motifs is 2. The molecule has 3 heterocycles. The van der Waals surface area contributed by atoms with Crippen LogP contribution in [-0.2, 0) is 35.6 Å². The highest BCUT2D eigenvalue weighted by atomic mass is 35.5. The van der Waals surface area contributed by atoms with E-state index < -0.39 is 18.1 Å². The molecule has 4 unspecified atom stereocenters. The third-order valence-corrected chi connectivity index (χ3v) is 11.6. The summed E-state index contributed by atoms with van der Waals surface area (Å²) in [4.78, 5) is 37.4. The molecule has 300 valence electrons. The van der Waals surface area contributed by atoms with Crippen LogP contribution in [0.1, 0.15) is 58.9 Å². The highest BCUT2D eigenvalue weighted by Gasteiger charge is 2.38. The number of carbonyl (C=O) groups is 2. The topological polar surface area (TPSA) is 123 Å². The SMILES string of the molecule is CCC(c1ccccc1)N1Cc2cc3c(cc2CC1C(=O)NC(Cc1ccc(-c2ccncn2)cc1)C(=O)O)OCC(c1ccc(OCc2ccc(Cl)c(Cl)c2)cc1)O3. The van der Waals surface area contributed by atoms with E-state index in [1.807, 2.05) is 91.0 Å². The predicted molar refractivity (Wildman–Crippen MR) is 226 cm³/mol. The Morgan fingerprint density at radius 3 is 2.37 bits per heavy atom. The molecule has 4 atom stereocenters. The second kappa shape index (κ2) is 17.9. The first-order valence-corrected chi connectivity index (χ1v) is 20.3. The van der Waals surface area contributed by atoms with Crippen LogP contribution in [0.3, 0.4) is 0 Å². The minimum atomic E-state index is -1.13. The van der Waals surface area contributed by atoms with Crippen molar-refractivity contribution in [2.75, 3.05) is 6.61 Å². The number of amides is 1. The molecule has 0 radical (unpaired) electrons. The number of rotatable bonds is 13. The van der Waals surface area contributed by atoms with Crippen molar-refractivity contribution in [3.63, 3.8) is 0 Å². The molecule has 10 nitrogen and oxygen atoms in total. The Hall–Kier alpha value is -5.94. The van der Waals surface area contributed by atoms with Crippen molar-refractivity contribution in [2.45, 2.75) is 63.6 Å². The van der Waals surface area contributed by atoms with Gasteiger partial charge < -0.3 is 24.6 Å². The van der Waals surface area contributed by atoms with E-state index in [-0.39, 0.29) is 24.5 Å². The first-order valence-electron chi connectivity index (χ1n) is 19.5. The van der Waals surface area contributed by atoms with Gasteiger partial charge in [0.2, 0.25) is 5.91 Å². The lowest BCUT2D eigenvalue weighted by Gasteiger charge is -2.42. The summed E-state index contributed by atoms with van der Waals surface area (Å²) in [6.07, 6.45) is 4.05. The average Bonchev–Trinajstić information content (AvgIpc) is 3.26. The van der Waals surface area contributed by atoms with E-state index in [1.54, 1.807) is 18.3 Å². The molecule has 0 aliphatic carbocycles. The molecule has 2 N–H and O–H groups in total. The molecule has 0 saturated heterocycles. The minimum absolute atomic E-state index is 0.101. The van der Waals surface area contributed by atoms with Crippen LogP contribution in [0.25, 0.3) is 11.3 Å². The van der Waals surface area contributed by atoms with Gasteiger partial charge in [-0.3, -0.25) is 9.69 Å². The van der Waals surface area contributed by atoms with Gasteiger partial charge in [-0.2, -0.15) is 0 Å². The maximum absolute atomic E-state index is 14.4. The number of benzene rings is 5. The fourth-order valence-electron chi connectivity index (χ4n) is 7.79. The summed E-state index contributed by atoms with van der Waals surface area (Å²) in [6.45, 7) is 3.21. The van der Waals surface area contributed by atoms with Gasteiger partial charge >= 0.3 is 5.97 Å². The van der Waals surface area contributed by atoms with Gasteiger partial charge in [-0.25, -0.2) is 14.8 Å². The number of hydrogen-bond acceptors (Lipinski definition) is 8. The van der Waals surface area contributed by atoms with Crippen LogP contribution in [0.15, 0.2) is 128 Å². The lowest BCUT2D eigenvalue weighted by atomic mass is 9.89. The second-order valence-corrected chi connectivity index (χ2v) is 15.5. The van der Waals surface area contributed by atoms with Crippen LogP contribution in [0.2, 0.25) is 10.0 Å². The summed E-state index contributed by atoms with van der Waals surface area (Å²) in [5, 5.41) is 14.2. The second-order valence-electron chi connectivity index (χ2n) is 14.7. The van der Waals surface area contributed by atoms with Gasteiger partial charge in [-0.1, -0.05) is 103 Å². The van der Waals surface area contributed by atoms with Gasteiger partial charge in [0, 0.05) is 30.8 Å². The number of carboxylic acids is 1. The molecular formula is C47H42Cl2N4O6. The van der Waals surface area contributed by atoms with E-state index in [0.717, 1.165) is 51.1 Å². The van der Waals surface area contributed by atoms with Gasteiger partial charge in [-0.05, 0) is 88.7 Å². The molecule has 6 aromatic rings. The maximum atomic E-state index is 14.4. The first-order chi connectivity index (χ1) is 28.7. The van der Waals surface area contributed by atoms with Crippen molar-refractivity contribution in [3.05, 3.63) is 171 Å². The van der Waals surface area contributed by atoms with Crippen LogP contribution >= 0.6 is 23.2 Å². The van der Waals surface area contributed by atoms with E-state index in [2.05, 4.69) is 39.2 Å². The Labute approximate surface area is 352 Å². The fourth-order valence-corrected chi connectivity index (χ4v) is 8.12. The van der Waals surface area contributed by atoms with E-state index in [4.69, 9.17) is 37.4 Å². The summed E-state index contributed by atoms with van der Waals surface area (Å²) in [5.74, 6) is 0.507. The highest BCUT2D eigenvalue weighted by Crippen LogP contribution is 2.42. The number of nitrogens with one attached hydrogen (secondary N) is 1. The van der Waals surface area contributed by atoms with E-state index >= 15 is 0 Å². The third-order valence-electron chi connectivity index (χ3n) is 10.9. The lowest BCUT2D eigenvalue weighted by molar-refractivity contribution is -0.143. The molecule has 59 heavy (non-hydrogen) atoms. The maximum Gasteiger partial charge on any atom is 0.326 e. The molecule has 1 aromatic heterocycles. The minimum Gasteiger partial charge on any atom is -0.489 e. The standard InChI is InChI=1S/C47H42Cl2N4O6/c1-2-41(32-6-4-3-5-7-32)53-25-35-24-44-43(58-27-45(59-44)33-13-15-36(16-14-33)57-26-30-10-17-37(48)38(49)20-30)23-34(35)22-42(53)46(54)52-40(47(55)56)21-29-8-11-31(12-9-29)39-18-19-50-28-51-39/h3-20,23-24,28,40-42,45H,2,21-22,25-27H2,1H3,(H,52,54)(H,55,56). The monoisotopic (exact) mass is 828 g/mol. The van der Waals surface area contributed by atoms with Gasteiger partial charge in [0.1, 0.15) is 31.3 Å². The Kier molecular flexibility index (Phi) is 12.1. The largest absolute Gasteiger partial charge is 0.489 e. The van der Waals surface area contributed by atoms with Crippen molar-refractivity contribution in [2.24, 2.45) is 0 Å². The quantitative estimate of drug-likeness (QED) is 0.117. The number of ether oxygens (including phenoxy) is 3. The molecule has 0 spiro atoms. The van der Waals surface area contributed by atoms with E-state index in [9.17, 15) is 14.7 Å². The summed E-state index contributed by atoms with van der Waals surface area (Å²) in [5.41, 5.74) is 7.35. The van der Waals surface area contributed by atoms with Crippen molar-refractivity contribution >= 4 is 35.1 Å². The molecular weight excluding hydrogens is 787 g/mol. The average molecular weight is 830 g/mol. The zero-order chi connectivity index (χ0) is 40.9. The van der Waals surface area contributed by atoms with Crippen LogP contribution in [-0.4, -0.2) is 50.5 Å². The van der Waals surface area contributed by atoms with Crippen LogP contribution in [0.4, 0.5) is 0 Å². The van der Waals surface area contributed by atoms with E-state index in [1.165, 1.54) is 6.33 Å². The fraction of sp³-hybridized carbons (Fsp3) is 0.234. The smallest absolute Gasteiger partial charge is 0.326 e. The summed E-state index contributed by atoms with van der Waals surface area (Å²) >= 11 is 12.2. The van der Waals surface area contributed by atoms with Crippen molar-refractivity contribution in [1.29, 1.82) is 0 Å². The van der Waals surface area contributed by atoms with Gasteiger partial charge in [-0.15, -0.1) is 0 Å². The Balaban J connectivity index is 0.992. The Bertz CT molecular complexity index is 2420. The third kappa shape index (κ3) is 9.20. The number of aromatic nitrogens is 2. The summed E-state index contributed by atoms with van der Waals surface area (Å²) in [6, 6.07) is 34.7. The normalized spacial score (nSPS) is 17.0. The summed E-state index contributed by atoms with van der Waals surface area (Å²) in [7, 11) is 0. The lowest BCUT2D eigenvalue weighted by Crippen LogP contribution is -2.55. The zero-order valence-electron chi connectivity index (χ0n) is 32.3. The van der Waals surface area contributed by atoms with Gasteiger partial charge in [0.25, 0.3) is 0 Å². The molecule has 1 amide bonds. The highest BCUT2D eigenvalue weighted by molar-refractivity contribution is 6.42. The Morgan fingerprint density at radius 2 is 1.66 bits per heavy atom. The predicted octanol–water partition coefficient (Wildman–Crippen LogP) is 9.23. The molecule has 0 saturated carbocycles. The van der Waals surface area contributed by atoms with Crippen molar-refractivity contribution in [1.82, 2.24) is 20.2 Å². The molecule has 0 bridgehead atoms. The first kappa shape index (κ1) is 39.9. The molecule has 2 aliphatic heterocycles. The van der Waals surface area contributed by atoms with Crippen molar-refractivity contribution < 1.29 is 28.9 Å². The van der Waals surface area contributed by atoms with Gasteiger partial charge in [0.05, 0.1) is 21.8 Å². The molecule has 8 rings (SSSR count). The number of halogens is 2.